The van der Waals surface area contributed by atoms with Crippen molar-refractivity contribution in [2.75, 3.05) is 26.9 Å². The number of hydroxylamine groups is 2. The second-order valence-corrected chi connectivity index (χ2v) is 6.11. The van der Waals surface area contributed by atoms with Crippen molar-refractivity contribution in [3.63, 3.8) is 0 Å². The molecule has 0 heterocycles. The number of alkyl carbamates (subject to hydrolysis) is 1. The van der Waals surface area contributed by atoms with Crippen molar-refractivity contribution in [1.82, 2.24) is 10.4 Å². The fourth-order valence-corrected chi connectivity index (χ4v) is 0.880. The Bertz CT molecular complexity index is 262. The van der Waals surface area contributed by atoms with Crippen LogP contribution in [0.15, 0.2) is 0 Å². The third kappa shape index (κ3) is 9.21. The summed E-state index contributed by atoms with van der Waals surface area (Å²) in [6, 6.07) is 0. The maximum atomic E-state index is 11.4. The Kier molecular flexibility index (Phi) is 6.59. The van der Waals surface area contributed by atoms with Crippen molar-refractivity contribution in [3.05, 3.63) is 0 Å². The highest BCUT2D eigenvalue weighted by molar-refractivity contribution is 5.67. The maximum absolute atomic E-state index is 11.4. The first kappa shape index (κ1) is 17.2. The van der Waals surface area contributed by atoms with Gasteiger partial charge in [0, 0.05) is 12.5 Å². The molecule has 18 heavy (non-hydrogen) atoms. The Balaban J connectivity index is 3.84. The van der Waals surface area contributed by atoms with Gasteiger partial charge in [-0.3, -0.25) is 4.84 Å². The summed E-state index contributed by atoms with van der Waals surface area (Å²) in [6.45, 7) is 10.8. The van der Waals surface area contributed by atoms with E-state index in [4.69, 9.17) is 15.3 Å². The van der Waals surface area contributed by atoms with Crippen molar-refractivity contribution in [3.8, 4) is 0 Å². The van der Waals surface area contributed by atoms with Gasteiger partial charge in [-0.25, -0.2) is 4.79 Å². The van der Waals surface area contributed by atoms with Crippen LogP contribution in [0.2, 0.25) is 0 Å². The molecule has 0 aliphatic rings. The van der Waals surface area contributed by atoms with Gasteiger partial charge in [0.05, 0.1) is 13.3 Å². The summed E-state index contributed by atoms with van der Waals surface area (Å²) in [5.74, 6) is 0. The summed E-state index contributed by atoms with van der Waals surface area (Å²) in [7, 11) is 1.74. The van der Waals surface area contributed by atoms with E-state index in [-0.39, 0.29) is 12.1 Å². The number of ether oxygens (including phenoxy) is 1. The zero-order valence-corrected chi connectivity index (χ0v) is 12.4. The number of amides is 1. The molecule has 0 aliphatic heterocycles. The SMILES string of the molecule is CN(CNC(=O)OC(C)(C)C)OCC(C)(C)CN. The number of carbonyl (C=O) groups is 1. The average molecular weight is 261 g/mol. The number of nitrogens with zero attached hydrogens (tertiary/aromatic N) is 1. The second-order valence-electron chi connectivity index (χ2n) is 6.11. The van der Waals surface area contributed by atoms with E-state index in [1.165, 1.54) is 0 Å². The molecule has 6 heteroatoms. The highest BCUT2D eigenvalue weighted by Crippen LogP contribution is 2.12. The van der Waals surface area contributed by atoms with Gasteiger partial charge in [-0.1, -0.05) is 13.8 Å². The second kappa shape index (κ2) is 6.92. The summed E-state index contributed by atoms with van der Waals surface area (Å²) in [6.07, 6.45) is -0.462. The van der Waals surface area contributed by atoms with Gasteiger partial charge in [-0.15, -0.1) is 0 Å². The predicted octanol–water partition coefficient (Wildman–Crippen LogP) is 1.32. The lowest BCUT2D eigenvalue weighted by Gasteiger charge is -2.26. The summed E-state index contributed by atoms with van der Waals surface area (Å²) in [5.41, 5.74) is 5.02. The number of hydrogen-bond donors (Lipinski definition) is 2. The molecule has 0 spiro atoms. The van der Waals surface area contributed by atoms with Gasteiger partial charge in [0.15, 0.2) is 0 Å². The molecule has 0 aromatic carbocycles. The molecule has 108 valence electrons. The molecule has 0 fully saturated rings. The van der Waals surface area contributed by atoms with Crippen LogP contribution in [0.5, 0.6) is 0 Å². The summed E-state index contributed by atoms with van der Waals surface area (Å²) < 4.78 is 5.10. The van der Waals surface area contributed by atoms with Crippen LogP contribution in [0.1, 0.15) is 34.6 Å². The van der Waals surface area contributed by atoms with E-state index >= 15 is 0 Å². The Morgan fingerprint density at radius 1 is 1.28 bits per heavy atom. The Morgan fingerprint density at radius 3 is 2.28 bits per heavy atom. The minimum atomic E-state index is -0.495. The molecular formula is C12H27N3O3. The van der Waals surface area contributed by atoms with E-state index in [9.17, 15) is 4.79 Å². The number of rotatable bonds is 6. The Hall–Kier alpha value is -0.850. The van der Waals surface area contributed by atoms with Gasteiger partial charge in [0.25, 0.3) is 0 Å². The van der Waals surface area contributed by atoms with Gasteiger partial charge in [-0.05, 0) is 27.3 Å². The smallest absolute Gasteiger partial charge is 0.408 e. The van der Waals surface area contributed by atoms with Gasteiger partial charge >= 0.3 is 6.09 Å². The summed E-state index contributed by atoms with van der Waals surface area (Å²) in [4.78, 5) is 16.8. The van der Waals surface area contributed by atoms with Gasteiger partial charge in [0.1, 0.15) is 5.60 Å². The van der Waals surface area contributed by atoms with Gasteiger partial charge in [-0.2, -0.15) is 5.06 Å². The number of nitrogens with one attached hydrogen (secondary N) is 1. The third-order valence-electron chi connectivity index (χ3n) is 2.07. The van der Waals surface area contributed by atoms with E-state index < -0.39 is 11.7 Å². The first-order valence-corrected chi connectivity index (χ1v) is 6.07. The standard InChI is InChI=1S/C12H27N3O3/c1-11(2,3)18-10(16)14-9-15(6)17-8-12(4,5)7-13/h7-9,13H2,1-6H3,(H,14,16). The molecule has 0 rings (SSSR count). The molecule has 0 bridgehead atoms. The molecule has 3 N–H and O–H groups in total. The Morgan fingerprint density at radius 2 is 1.83 bits per heavy atom. The fourth-order valence-electron chi connectivity index (χ4n) is 0.880. The predicted molar refractivity (Wildman–Crippen MR) is 70.8 cm³/mol. The highest BCUT2D eigenvalue weighted by atomic mass is 16.7. The van der Waals surface area contributed by atoms with Gasteiger partial charge < -0.3 is 15.8 Å². The van der Waals surface area contributed by atoms with Crippen LogP contribution in [0, 0.1) is 5.41 Å². The molecule has 6 nitrogen and oxygen atoms in total. The third-order valence-corrected chi connectivity index (χ3v) is 2.07. The van der Waals surface area contributed by atoms with E-state index in [1.54, 1.807) is 12.1 Å². The van der Waals surface area contributed by atoms with Crippen LogP contribution in [0.3, 0.4) is 0 Å². The van der Waals surface area contributed by atoms with E-state index in [0.29, 0.717) is 13.2 Å². The van der Waals surface area contributed by atoms with Crippen LogP contribution < -0.4 is 11.1 Å². The molecule has 1 amide bonds. The maximum Gasteiger partial charge on any atom is 0.408 e. The monoisotopic (exact) mass is 261 g/mol. The highest BCUT2D eigenvalue weighted by Gasteiger charge is 2.18. The molecule has 0 saturated carbocycles. The lowest BCUT2D eigenvalue weighted by atomic mass is 9.96. The summed E-state index contributed by atoms with van der Waals surface area (Å²) in [5, 5.41) is 4.14. The molecule has 0 aromatic rings. The van der Waals surface area contributed by atoms with Crippen molar-refractivity contribution >= 4 is 6.09 Å². The molecule has 0 radical (unpaired) electrons. The van der Waals surface area contributed by atoms with Crippen molar-refractivity contribution in [1.29, 1.82) is 0 Å². The van der Waals surface area contributed by atoms with Crippen molar-refractivity contribution in [2.24, 2.45) is 11.1 Å². The van der Waals surface area contributed by atoms with Crippen LogP contribution in [-0.4, -0.2) is 43.6 Å². The zero-order chi connectivity index (χ0) is 14.4. The quantitative estimate of drug-likeness (QED) is 0.557. The van der Waals surface area contributed by atoms with Crippen LogP contribution in [-0.2, 0) is 9.57 Å². The lowest BCUT2D eigenvalue weighted by Crippen LogP contribution is -2.40. The first-order chi connectivity index (χ1) is 8.06. The number of hydrogen-bond acceptors (Lipinski definition) is 5. The minimum absolute atomic E-state index is 0.0832. The molecule has 0 aliphatic carbocycles. The molecule has 0 unspecified atom stereocenters. The van der Waals surface area contributed by atoms with Crippen molar-refractivity contribution < 1.29 is 14.4 Å². The van der Waals surface area contributed by atoms with Crippen LogP contribution >= 0.6 is 0 Å². The van der Waals surface area contributed by atoms with Gasteiger partial charge in [0.2, 0.25) is 0 Å². The number of carbonyl (C=O) groups excluding carboxylic acids is 1. The van der Waals surface area contributed by atoms with E-state index in [0.717, 1.165) is 0 Å². The number of nitrogens with two attached hydrogens (primary N) is 1. The van der Waals surface area contributed by atoms with Crippen LogP contribution in [0.25, 0.3) is 0 Å². The summed E-state index contributed by atoms with van der Waals surface area (Å²) >= 11 is 0. The molecule has 0 atom stereocenters. The molecular weight excluding hydrogens is 234 g/mol. The average Bonchev–Trinajstić information content (AvgIpc) is 2.21. The molecule has 0 saturated heterocycles. The van der Waals surface area contributed by atoms with E-state index in [1.807, 2.05) is 34.6 Å². The largest absolute Gasteiger partial charge is 0.444 e. The normalized spacial score (nSPS) is 12.7. The molecule has 0 aromatic heterocycles. The fraction of sp³-hybridized carbons (Fsp3) is 0.917. The first-order valence-electron chi connectivity index (χ1n) is 6.07. The van der Waals surface area contributed by atoms with Crippen LogP contribution in [0.4, 0.5) is 4.79 Å². The lowest BCUT2D eigenvalue weighted by molar-refractivity contribution is -0.164. The Labute approximate surface area is 110 Å². The van der Waals surface area contributed by atoms with E-state index in [2.05, 4.69) is 5.32 Å². The minimum Gasteiger partial charge on any atom is -0.444 e. The zero-order valence-electron chi connectivity index (χ0n) is 12.4. The topological polar surface area (TPSA) is 76.8 Å². The van der Waals surface area contributed by atoms with Crippen molar-refractivity contribution in [2.45, 2.75) is 40.2 Å².